The lowest BCUT2D eigenvalue weighted by molar-refractivity contribution is 0.101. The second kappa shape index (κ2) is 8.10. The van der Waals surface area contributed by atoms with Crippen molar-refractivity contribution in [3.63, 3.8) is 0 Å². The fourth-order valence-electron chi connectivity index (χ4n) is 2.10. The molecule has 0 saturated carbocycles. The van der Waals surface area contributed by atoms with E-state index in [4.69, 9.17) is 9.47 Å². The summed E-state index contributed by atoms with van der Waals surface area (Å²) in [5, 5.41) is 2.77. The number of nitrogens with one attached hydrogen (secondary N) is 1. The summed E-state index contributed by atoms with van der Waals surface area (Å²) in [6.45, 7) is 2.25. The number of carbonyl (C=O) groups is 2. The molecule has 0 aliphatic rings. The molecule has 0 spiro atoms. The number of anilines is 1. The van der Waals surface area contributed by atoms with E-state index in [1.807, 2.05) is 0 Å². The number of hydrogen-bond acceptors (Lipinski definition) is 4. The van der Waals surface area contributed by atoms with Gasteiger partial charge in [-0.2, -0.15) is 0 Å². The Labute approximate surface area is 135 Å². The first-order valence-electron chi connectivity index (χ1n) is 7.25. The Morgan fingerprint density at radius 1 is 0.957 bits per heavy atom. The van der Waals surface area contributed by atoms with Crippen LogP contribution >= 0.6 is 0 Å². The number of carbonyl (C=O) groups excluding carboxylic acids is 2. The van der Waals surface area contributed by atoms with Crippen molar-refractivity contribution in [3.05, 3.63) is 59.7 Å². The Bertz CT molecular complexity index is 697. The van der Waals surface area contributed by atoms with Crippen molar-refractivity contribution in [1.29, 1.82) is 0 Å². The fraction of sp³-hybridized carbons (Fsp3) is 0.222. The first-order valence-corrected chi connectivity index (χ1v) is 7.25. The summed E-state index contributed by atoms with van der Waals surface area (Å²) < 4.78 is 10.5. The standard InChI is InChI=1S/C18H19NO4/c1-13(20)14-7-3-5-9-16(14)19-18(21)15-8-4-6-10-17(15)23-12-11-22-2/h3-10H,11-12H2,1-2H3,(H,19,21). The van der Waals surface area contributed by atoms with Crippen molar-refractivity contribution in [2.75, 3.05) is 25.6 Å². The summed E-state index contributed by atoms with van der Waals surface area (Å²) in [6.07, 6.45) is 0. The van der Waals surface area contributed by atoms with Gasteiger partial charge in [0.05, 0.1) is 17.9 Å². The molecule has 0 radical (unpaired) electrons. The fourth-order valence-corrected chi connectivity index (χ4v) is 2.10. The van der Waals surface area contributed by atoms with E-state index >= 15 is 0 Å². The monoisotopic (exact) mass is 313 g/mol. The molecular formula is C18H19NO4. The van der Waals surface area contributed by atoms with E-state index in [0.29, 0.717) is 35.8 Å². The molecule has 1 N–H and O–H groups in total. The van der Waals surface area contributed by atoms with Gasteiger partial charge in [0.2, 0.25) is 0 Å². The van der Waals surface area contributed by atoms with Crippen LogP contribution < -0.4 is 10.1 Å². The van der Waals surface area contributed by atoms with Crippen molar-refractivity contribution in [1.82, 2.24) is 0 Å². The molecular weight excluding hydrogens is 294 g/mol. The summed E-state index contributed by atoms with van der Waals surface area (Å²) in [5.74, 6) is 0.0413. The van der Waals surface area contributed by atoms with Crippen LogP contribution in [0.3, 0.4) is 0 Å². The van der Waals surface area contributed by atoms with Gasteiger partial charge in [0.15, 0.2) is 5.78 Å². The number of para-hydroxylation sites is 2. The molecule has 0 saturated heterocycles. The van der Waals surface area contributed by atoms with Crippen molar-refractivity contribution >= 4 is 17.4 Å². The van der Waals surface area contributed by atoms with Crippen LogP contribution in [0.1, 0.15) is 27.6 Å². The van der Waals surface area contributed by atoms with Crippen LogP contribution in [0.4, 0.5) is 5.69 Å². The zero-order valence-electron chi connectivity index (χ0n) is 13.2. The lowest BCUT2D eigenvalue weighted by Gasteiger charge is -2.13. The molecule has 0 atom stereocenters. The number of amides is 1. The first kappa shape index (κ1) is 16.7. The van der Waals surface area contributed by atoms with E-state index in [0.717, 1.165) is 0 Å². The van der Waals surface area contributed by atoms with Gasteiger partial charge >= 0.3 is 0 Å². The highest BCUT2D eigenvalue weighted by atomic mass is 16.5. The summed E-state index contributed by atoms with van der Waals surface area (Å²) in [7, 11) is 1.58. The number of benzene rings is 2. The Hall–Kier alpha value is -2.66. The largest absolute Gasteiger partial charge is 0.490 e. The normalized spacial score (nSPS) is 10.2. The van der Waals surface area contributed by atoms with Gasteiger partial charge in [0.1, 0.15) is 12.4 Å². The maximum absolute atomic E-state index is 12.5. The highest BCUT2D eigenvalue weighted by Gasteiger charge is 2.15. The van der Waals surface area contributed by atoms with E-state index in [1.165, 1.54) is 6.92 Å². The van der Waals surface area contributed by atoms with Crippen molar-refractivity contribution in [2.24, 2.45) is 0 Å². The van der Waals surface area contributed by atoms with Crippen LogP contribution in [-0.4, -0.2) is 32.0 Å². The third-order valence-electron chi connectivity index (χ3n) is 3.23. The van der Waals surface area contributed by atoms with E-state index < -0.39 is 0 Å². The van der Waals surface area contributed by atoms with Crippen LogP contribution in [0.15, 0.2) is 48.5 Å². The molecule has 2 aromatic carbocycles. The molecule has 5 nitrogen and oxygen atoms in total. The van der Waals surface area contributed by atoms with Crippen molar-refractivity contribution in [3.8, 4) is 5.75 Å². The number of ketones is 1. The quantitative estimate of drug-likeness (QED) is 0.630. The SMILES string of the molecule is COCCOc1ccccc1C(=O)Nc1ccccc1C(C)=O. The van der Waals surface area contributed by atoms with Gasteiger partial charge in [0, 0.05) is 12.7 Å². The Kier molecular flexibility index (Phi) is 5.88. The third-order valence-corrected chi connectivity index (χ3v) is 3.23. The van der Waals surface area contributed by atoms with E-state index in [2.05, 4.69) is 5.32 Å². The highest BCUT2D eigenvalue weighted by molar-refractivity contribution is 6.10. The lowest BCUT2D eigenvalue weighted by Crippen LogP contribution is -2.16. The van der Waals surface area contributed by atoms with Crippen LogP contribution in [0.5, 0.6) is 5.75 Å². The Morgan fingerprint density at radius 2 is 1.61 bits per heavy atom. The Balaban J connectivity index is 2.20. The molecule has 23 heavy (non-hydrogen) atoms. The average Bonchev–Trinajstić information content (AvgIpc) is 2.56. The highest BCUT2D eigenvalue weighted by Crippen LogP contribution is 2.21. The van der Waals surface area contributed by atoms with Crippen molar-refractivity contribution < 1.29 is 19.1 Å². The van der Waals surface area contributed by atoms with E-state index in [9.17, 15) is 9.59 Å². The zero-order valence-corrected chi connectivity index (χ0v) is 13.2. The topological polar surface area (TPSA) is 64.6 Å². The first-order chi connectivity index (χ1) is 11.1. The molecule has 5 heteroatoms. The summed E-state index contributed by atoms with van der Waals surface area (Å²) in [6, 6.07) is 13.9. The molecule has 0 fully saturated rings. The van der Waals surface area contributed by atoms with Crippen LogP contribution in [0.25, 0.3) is 0 Å². The summed E-state index contributed by atoms with van der Waals surface area (Å²) in [4.78, 5) is 24.1. The molecule has 120 valence electrons. The Morgan fingerprint density at radius 3 is 2.30 bits per heavy atom. The zero-order chi connectivity index (χ0) is 16.7. The maximum atomic E-state index is 12.5. The molecule has 0 aromatic heterocycles. The lowest BCUT2D eigenvalue weighted by atomic mass is 10.1. The van der Waals surface area contributed by atoms with Crippen LogP contribution in [-0.2, 0) is 4.74 Å². The van der Waals surface area contributed by atoms with Gasteiger partial charge in [-0.15, -0.1) is 0 Å². The maximum Gasteiger partial charge on any atom is 0.259 e. The predicted octanol–water partition coefficient (Wildman–Crippen LogP) is 3.17. The van der Waals surface area contributed by atoms with Gasteiger partial charge in [-0.3, -0.25) is 9.59 Å². The smallest absolute Gasteiger partial charge is 0.259 e. The average molecular weight is 313 g/mol. The number of hydrogen-bond donors (Lipinski definition) is 1. The second-order valence-corrected chi connectivity index (χ2v) is 4.89. The number of Topliss-reactive ketones (excluding diaryl/α,β-unsaturated/α-hetero) is 1. The number of methoxy groups -OCH3 is 1. The summed E-state index contributed by atoms with van der Waals surface area (Å²) in [5.41, 5.74) is 1.36. The molecule has 0 aliphatic heterocycles. The molecule has 0 unspecified atom stereocenters. The van der Waals surface area contributed by atoms with E-state index in [-0.39, 0.29) is 11.7 Å². The molecule has 0 heterocycles. The minimum absolute atomic E-state index is 0.106. The van der Waals surface area contributed by atoms with Crippen LogP contribution in [0, 0.1) is 0 Å². The van der Waals surface area contributed by atoms with Gasteiger partial charge < -0.3 is 14.8 Å². The number of ether oxygens (including phenoxy) is 2. The van der Waals surface area contributed by atoms with Gasteiger partial charge in [0.25, 0.3) is 5.91 Å². The molecule has 0 bridgehead atoms. The van der Waals surface area contributed by atoms with Crippen molar-refractivity contribution in [2.45, 2.75) is 6.92 Å². The van der Waals surface area contributed by atoms with Crippen LogP contribution in [0.2, 0.25) is 0 Å². The minimum Gasteiger partial charge on any atom is -0.490 e. The molecule has 2 aromatic rings. The number of rotatable bonds is 7. The minimum atomic E-state index is -0.327. The summed E-state index contributed by atoms with van der Waals surface area (Å²) >= 11 is 0. The van der Waals surface area contributed by atoms with Gasteiger partial charge in [-0.05, 0) is 31.2 Å². The van der Waals surface area contributed by atoms with Gasteiger partial charge in [-0.25, -0.2) is 0 Å². The molecule has 0 aliphatic carbocycles. The molecule has 1 amide bonds. The predicted molar refractivity (Wildman–Crippen MR) is 88.2 cm³/mol. The third kappa shape index (κ3) is 4.40. The van der Waals surface area contributed by atoms with E-state index in [1.54, 1.807) is 55.6 Å². The second-order valence-electron chi connectivity index (χ2n) is 4.89. The van der Waals surface area contributed by atoms with Gasteiger partial charge in [-0.1, -0.05) is 24.3 Å². The molecule has 2 rings (SSSR count).